The number of carbonyl (C=O) groups is 1. The number of fused-ring (bicyclic) bond motifs is 1. The molecule has 0 aromatic heterocycles. The van der Waals surface area contributed by atoms with Crippen LogP contribution in [-0.4, -0.2) is 20.7 Å². The zero-order valence-corrected chi connectivity index (χ0v) is 17.5. The second kappa shape index (κ2) is 7.13. The van der Waals surface area contributed by atoms with Gasteiger partial charge in [0.05, 0.1) is 0 Å². The molecule has 0 fully saturated rings. The van der Waals surface area contributed by atoms with Crippen LogP contribution in [0, 0.1) is 0 Å². The Morgan fingerprint density at radius 1 is 1.04 bits per heavy atom. The van der Waals surface area contributed by atoms with Crippen LogP contribution >= 0.6 is 0 Å². The first-order valence-corrected chi connectivity index (χ1v) is 11.5. The maximum atomic E-state index is 12.3. The van der Waals surface area contributed by atoms with E-state index < -0.39 is 8.32 Å². The van der Waals surface area contributed by atoms with Gasteiger partial charge < -0.3 is 4.43 Å². The van der Waals surface area contributed by atoms with Crippen molar-refractivity contribution in [1.29, 1.82) is 0 Å². The third-order valence-electron chi connectivity index (χ3n) is 5.99. The SMILES string of the molecule is CC(C)[Si](OC[C@]1(C)CC(=O)Cc2ccccc21)(C(C)C)C(C)C. The van der Waals surface area contributed by atoms with E-state index in [-0.39, 0.29) is 5.41 Å². The van der Waals surface area contributed by atoms with Gasteiger partial charge in [0, 0.05) is 24.9 Å². The lowest BCUT2D eigenvalue weighted by molar-refractivity contribution is -0.120. The molecule has 1 aliphatic rings. The summed E-state index contributed by atoms with van der Waals surface area (Å²) in [6, 6.07) is 8.41. The summed E-state index contributed by atoms with van der Waals surface area (Å²) >= 11 is 0. The van der Waals surface area contributed by atoms with Crippen LogP contribution in [0.5, 0.6) is 0 Å². The topological polar surface area (TPSA) is 26.3 Å². The van der Waals surface area contributed by atoms with E-state index in [4.69, 9.17) is 4.43 Å². The zero-order valence-electron chi connectivity index (χ0n) is 16.5. The van der Waals surface area contributed by atoms with Crippen molar-refractivity contribution in [2.45, 2.75) is 83.3 Å². The fraction of sp³-hybridized carbons (Fsp3) is 0.667. The molecule has 1 aromatic carbocycles. The van der Waals surface area contributed by atoms with Gasteiger partial charge in [0.2, 0.25) is 0 Å². The molecule has 0 amide bonds. The molecule has 1 aliphatic carbocycles. The summed E-state index contributed by atoms with van der Waals surface area (Å²) in [4.78, 5) is 12.3. The Balaban J connectivity index is 2.34. The van der Waals surface area contributed by atoms with E-state index in [9.17, 15) is 4.79 Å². The molecular formula is C21H34O2Si. The van der Waals surface area contributed by atoms with E-state index in [1.807, 2.05) is 6.07 Å². The van der Waals surface area contributed by atoms with Crippen molar-refractivity contribution in [2.75, 3.05) is 6.61 Å². The van der Waals surface area contributed by atoms with Crippen molar-refractivity contribution in [3.05, 3.63) is 35.4 Å². The Kier molecular flexibility index (Phi) is 5.76. The molecule has 0 unspecified atom stereocenters. The van der Waals surface area contributed by atoms with Crippen molar-refractivity contribution >= 4 is 14.1 Å². The molecule has 0 spiro atoms. The third kappa shape index (κ3) is 3.38. The highest BCUT2D eigenvalue weighted by molar-refractivity contribution is 6.77. The molecule has 0 radical (unpaired) electrons. The van der Waals surface area contributed by atoms with Crippen molar-refractivity contribution in [2.24, 2.45) is 0 Å². The molecular weight excluding hydrogens is 312 g/mol. The molecule has 2 rings (SSSR count). The van der Waals surface area contributed by atoms with Gasteiger partial charge in [0.1, 0.15) is 5.78 Å². The number of hydrogen-bond donors (Lipinski definition) is 0. The lowest BCUT2D eigenvalue weighted by Crippen LogP contribution is -2.51. The predicted octanol–water partition coefficient (Wildman–Crippen LogP) is 5.65. The van der Waals surface area contributed by atoms with E-state index in [0.29, 0.717) is 41.9 Å². The minimum absolute atomic E-state index is 0.192. The zero-order chi connectivity index (χ0) is 18.1. The minimum Gasteiger partial charge on any atom is -0.415 e. The maximum absolute atomic E-state index is 12.3. The third-order valence-corrected chi connectivity index (χ3v) is 12.0. The molecule has 2 nitrogen and oxygen atoms in total. The highest BCUT2D eigenvalue weighted by atomic mass is 28.4. The molecule has 0 aliphatic heterocycles. The van der Waals surface area contributed by atoms with Gasteiger partial charge in [-0.2, -0.15) is 0 Å². The minimum atomic E-state index is -1.91. The quantitative estimate of drug-likeness (QED) is 0.622. The summed E-state index contributed by atoms with van der Waals surface area (Å²) in [5, 5.41) is 0. The number of rotatable bonds is 6. The first kappa shape index (κ1) is 19.4. The summed E-state index contributed by atoms with van der Waals surface area (Å²) in [7, 11) is -1.91. The van der Waals surface area contributed by atoms with E-state index in [2.05, 4.69) is 66.7 Å². The first-order valence-electron chi connectivity index (χ1n) is 9.37. The van der Waals surface area contributed by atoms with Crippen LogP contribution in [-0.2, 0) is 21.1 Å². The van der Waals surface area contributed by atoms with Crippen molar-refractivity contribution in [3.63, 3.8) is 0 Å². The largest absolute Gasteiger partial charge is 0.415 e. The van der Waals surface area contributed by atoms with Gasteiger partial charge in [-0.25, -0.2) is 0 Å². The highest BCUT2D eigenvalue weighted by Crippen LogP contribution is 2.44. The molecule has 0 saturated carbocycles. The lowest BCUT2D eigenvalue weighted by atomic mass is 9.71. The highest BCUT2D eigenvalue weighted by Gasteiger charge is 2.47. The summed E-state index contributed by atoms with van der Waals surface area (Å²) in [6.45, 7) is 16.8. The molecule has 3 heteroatoms. The van der Waals surface area contributed by atoms with Crippen LogP contribution in [0.1, 0.15) is 66.0 Å². The molecule has 1 aromatic rings. The van der Waals surface area contributed by atoms with E-state index >= 15 is 0 Å². The first-order chi connectivity index (χ1) is 11.1. The van der Waals surface area contributed by atoms with Crippen LogP contribution in [0.2, 0.25) is 16.6 Å². The van der Waals surface area contributed by atoms with Gasteiger partial charge in [-0.15, -0.1) is 0 Å². The average molecular weight is 347 g/mol. The fourth-order valence-corrected chi connectivity index (χ4v) is 10.6. The van der Waals surface area contributed by atoms with Crippen molar-refractivity contribution < 1.29 is 9.22 Å². The number of Topliss-reactive ketones (excluding diaryl/α,β-unsaturated/α-hetero) is 1. The van der Waals surface area contributed by atoms with Crippen LogP contribution < -0.4 is 0 Å². The lowest BCUT2D eigenvalue weighted by Gasteiger charge is -2.45. The summed E-state index contributed by atoms with van der Waals surface area (Å²) in [6.07, 6.45) is 1.18. The van der Waals surface area contributed by atoms with Gasteiger partial charge in [-0.05, 0) is 27.8 Å². The molecule has 0 N–H and O–H groups in total. The van der Waals surface area contributed by atoms with E-state index in [0.717, 1.165) is 0 Å². The summed E-state index contributed by atoms with van der Waals surface area (Å²) in [5.41, 5.74) is 4.00. The molecule has 1 atom stereocenters. The normalized spacial score (nSPS) is 21.7. The van der Waals surface area contributed by atoms with Gasteiger partial charge in [-0.3, -0.25) is 4.79 Å². The smallest absolute Gasteiger partial charge is 0.200 e. The maximum Gasteiger partial charge on any atom is 0.200 e. The van der Waals surface area contributed by atoms with Gasteiger partial charge in [0.15, 0.2) is 8.32 Å². The van der Waals surface area contributed by atoms with Crippen molar-refractivity contribution in [1.82, 2.24) is 0 Å². The van der Waals surface area contributed by atoms with Crippen LogP contribution in [0.15, 0.2) is 24.3 Å². The Hall–Kier alpha value is -0.933. The number of ketones is 1. The second-order valence-corrected chi connectivity index (χ2v) is 14.2. The Morgan fingerprint density at radius 3 is 2.12 bits per heavy atom. The van der Waals surface area contributed by atoms with Crippen molar-refractivity contribution in [3.8, 4) is 0 Å². The standard InChI is InChI=1S/C21H34O2Si/c1-15(2)24(16(3)4,17(5)6)23-14-21(7)13-19(22)12-18-10-8-9-11-20(18)21/h8-11,15-17H,12-14H2,1-7H3/t21-/m0/s1. The van der Waals surface area contributed by atoms with Crippen LogP contribution in [0.4, 0.5) is 0 Å². The van der Waals surface area contributed by atoms with Gasteiger partial charge in [-0.1, -0.05) is 72.7 Å². The molecule has 0 saturated heterocycles. The van der Waals surface area contributed by atoms with Gasteiger partial charge >= 0.3 is 0 Å². The summed E-state index contributed by atoms with van der Waals surface area (Å²) < 4.78 is 6.85. The average Bonchev–Trinajstić information content (AvgIpc) is 2.46. The van der Waals surface area contributed by atoms with Gasteiger partial charge in [0.25, 0.3) is 0 Å². The fourth-order valence-electron chi connectivity index (χ4n) is 4.98. The number of carbonyl (C=O) groups excluding carboxylic acids is 1. The molecule has 0 heterocycles. The predicted molar refractivity (Wildman–Crippen MR) is 104 cm³/mol. The van der Waals surface area contributed by atoms with Crippen LogP contribution in [0.25, 0.3) is 0 Å². The number of hydrogen-bond acceptors (Lipinski definition) is 2. The van der Waals surface area contributed by atoms with E-state index in [1.54, 1.807) is 0 Å². The Bertz CT molecular complexity index is 569. The molecule has 134 valence electrons. The second-order valence-electron chi connectivity index (χ2n) is 8.72. The summed E-state index contributed by atoms with van der Waals surface area (Å²) in [5.74, 6) is 0.339. The number of benzene rings is 1. The monoisotopic (exact) mass is 346 g/mol. The Labute approximate surface area is 149 Å². The molecule has 24 heavy (non-hydrogen) atoms. The molecule has 0 bridgehead atoms. The van der Waals surface area contributed by atoms with E-state index in [1.165, 1.54) is 11.1 Å². The van der Waals surface area contributed by atoms with Crippen LogP contribution in [0.3, 0.4) is 0 Å². The Morgan fingerprint density at radius 2 is 1.58 bits per heavy atom.